The van der Waals surface area contributed by atoms with Crippen LogP contribution in [0.25, 0.3) is 0 Å². The molecule has 1 N–H and O–H groups in total. The summed E-state index contributed by atoms with van der Waals surface area (Å²) in [5.74, 6) is 0.990. The first-order valence-electron chi connectivity index (χ1n) is 14.0. The Balaban J connectivity index is 1.29. The molecule has 1 aromatic carbocycles. The smallest absolute Gasteiger partial charge is 0.318 e. The molecule has 2 aliphatic carbocycles. The van der Waals surface area contributed by atoms with Gasteiger partial charge in [0, 0.05) is 44.4 Å². The summed E-state index contributed by atoms with van der Waals surface area (Å²) in [6.45, 7) is 5.10. The van der Waals surface area contributed by atoms with E-state index in [0.717, 1.165) is 88.2 Å². The first kappa shape index (κ1) is 25.0. The molecule has 37 heavy (non-hydrogen) atoms. The second-order valence-electron chi connectivity index (χ2n) is 11.6. The van der Waals surface area contributed by atoms with Crippen LogP contribution in [0, 0.1) is 11.2 Å². The van der Waals surface area contributed by atoms with Crippen molar-refractivity contribution in [1.82, 2.24) is 20.2 Å². The summed E-state index contributed by atoms with van der Waals surface area (Å²) in [6.07, 6.45) is 8.06. The molecule has 1 spiro atoms. The number of piperazine rings is 1. The lowest BCUT2D eigenvalue weighted by molar-refractivity contribution is 0.162. The van der Waals surface area contributed by atoms with Gasteiger partial charge >= 0.3 is 6.01 Å². The number of nitrogens with one attached hydrogen (secondary N) is 1. The maximum Gasteiger partial charge on any atom is 0.318 e. The van der Waals surface area contributed by atoms with Crippen molar-refractivity contribution in [2.45, 2.75) is 63.5 Å². The number of hydrogen-bond donors (Lipinski definition) is 1. The first-order chi connectivity index (χ1) is 18.0. The Labute approximate surface area is 219 Å². The lowest BCUT2D eigenvalue weighted by Crippen LogP contribution is -2.53. The van der Waals surface area contributed by atoms with Gasteiger partial charge in [-0.3, -0.25) is 0 Å². The van der Waals surface area contributed by atoms with Gasteiger partial charge in [0.15, 0.2) is 0 Å². The third kappa shape index (κ3) is 5.08. The Hall–Kier alpha value is -2.29. The molecule has 6 rings (SSSR count). The van der Waals surface area contributed by atoms with Gasteiger partial charge in [-0.25, -0.2) is 4.39 Å². The minimum atomic E-state index is -0.0509. The summed E-state index contributed by atoms with van der Waals surface area (Å²) in [7, 11) is 3.93. The molecule has 3 heterocycles. The molecule has 2 aromatic rings. The largest absolute Gasteiger partial charge is 0.462 e. The van der Waals surface area contributed by atoms with E-state index in [1.807, 2.05) is 6.07 Å². The molecule has 0 saturated carbocycles. The van der Waals surface area contributed by atoms with Crippen molar-refractivity contribution in [2.75, 3.05) is 58.5 Å². The van der Waals surface area contributed by atoms with E-state index >= 15 is 0 Å². The summed E-state index contributed by atoms with van der Waals surface area (Å²) in [4.78, 5) is 14.8. The van der Waals surface area contributed by atoms with Crippen molar-refractivity contribution in [3.63, 3.8) is 0 Å². The molecule has 8 heteroatoms. The van der Waals surface area contributed by atoms with E-state index in [0.29, 0.717) is 25.3 Å². The molecule has 2 saturated heterocycles. The van der Waals surface area contributed by atoms with Crippen molar-refractivity contribution in [3.8, 4) is 6.01 Å². The average Bonchev–Trinajstić information content (AvgIpc) is 3.31. The van der Waals surface area contributed by atoms with Crippen LogP contribution in [0.4, 0.5) is 10.2 Å². The topological polar surface area (TPSA) is 62.8 Å². The second kappa shape index (κ2) is 10.5. The summed E-state index contributed by atoms with van der Waals surface area (Å²) in [5.41, 5.74) is 4.63. The van der Waals surface area contributed by atoms with E-state index in [2.05, 4.69) is 28.2 Å². The maximum atomic E-state index is 14.4. The maximum absolute atomic E-state index is 14.4. The first-order valence-corrected chi connectivity index (χ1v) is 14.0. The Bertz CT molecular complexity index is 1130. The number of halogens is 1. The highest BCUT2D eigenvalue weighted by Gasteiger charge is 2.41. The Morgan fingerprint density at radius 2 is 1.97 bits per heavy atom. The molecule has 2 fully saturated rings. The van der Waals surface area contributed by atoms with Crippen LogP contribution in [-0.2, 0) is 30.4 Å². The fourth-order valence-electron chi connectivity index (χ4n) is 7.04. The predicted octanol–water partition coefficient (Wildman–Crippen LogP) is 3.18. The van der Waals surface area contributed by atoms with Crippen molar-refractivity contribution in [2.24, 2.45) is 5.41 Å². The number of fused-ring (bicyclic) bond motifs is 2. The standard InChI is InChI=1S/C29H40FN5O2/c1-34-13-4-6-22(34)19-37-28-32-26-16-29(10-8-23-20(15-29)5-3-7-25(23)30)11-9-24(26)27(33-28)35-14-12-31-21(17-35)18-36-2/h3,5,7,21-22,31H,4,6,8-19H2,1-2H3/t21-,22+,29-/m1/s1. The number of methoxy groups -OCH3 is 1. The normalized spacial score (nSPS) is 27.8. The highest BCUT2D eigenvalue weighted by Crippen LogP contribution is 2.47. The van der Waals surface area contributed by atoms with Gasteiger partial charge < -0.3 is 24.6 Å². The number of hydrogen-bond acceptors (Lipinski definition) is 7. The van der Waals surface area contributed by atoms with Crippen LogP contribution in [0.5, 0.6) is 6.01 Å². The van der Waals surface area contributed by atoms with Gasteiger partial charge in [-0.15, -0.1) is 0 Å². The fourth-order valence-corrected chi connectivity index (χ4v) is 7.04. The zero-order valence-electron chi connectivity index (χ0n) is 22.3. The van der Waals surface area contributed by atoms with E-state index in [-0.39, 0.29) is 17.3 Å². The number of rotatable bonds is 6. The van der Waals surface area contributed by atoms with Gasteiger partial charge in [0.1, 0.15) is 18.2 Å². The molecule has 7 nitrogen and oxygen atoms in total. The number of likely N-dealkylation sites (N-methyl/N-ethyl adjacent to an activating group) is 1. The number of likely N-dealkylation sites (tertiary alicyclic amines) is 1. The average molecular weight is 510 g/mol. The van der Waals surface area contributed by atoms with Gasteiger partial charge in [0.2, 0.25) is 0 Å². The number of ether oxygens (including phenoxy) is 2. The molecular formula is C29H40FN5O2. The van der Waals surface area contributed by atoms with Gasteiger partial charge in [-0.05, 0) is 87.6 Å². The predicted molar refractivity (Wildman–Crippen MR) is 142 cm³/mol. The highest BCUT2D eigenvalue weighted by molar-refractivity contribution is 5.52. The third-order valence-electron chi connectivity index (χ3n) is 9.18. The fraction of sp³-hybridized carbons (Fsp3) is 0.655. The summed E-state index contributed by atoms with van der Waals surface area (Å²) >= 11 is 0. The van der Waals surface area contributed by atoms with Gasteiger partial charge in [-0.1, -0.05) is 12.1 Å². The summed E-state index contributed by atoms with van der Waals surface area (Å²) < 4.78 is 26.2. The summed E-state index contributed by atoms with van der Waals surface area (Å²) in [6, 6.07) is 6.78. The molecule has 1 aromatic heterocycles. The van der Waals surface area contributed by atoms with E-state index in [1.165, 1.54) is 17.5 Å². The zero-order chi connectivity index (χ0) is 25.4. The lowest BCUT2D eigenvalue weighted by Gasteiger charge is -2.43. The molecule has 3 atom stereocenters. The van der Waals surface area contributed by atoms with E-state index < -0.39 is 0 Å². The van der Waals surface area contributed by atoms with E-state index in [4.69, 9.17) is 19.4 Å². The molecule has 0 radical (unpaired) electrons. The Kier molecular flexibility index (Phi) is 7.07. The molecule has 200 valence electrons. The minimum Gasteiger partial charge on any atom is -0.462 e. The van der Waals surface area contributed by atoms with Crippen LogP contribution < -0.4 is 15.0 Å². The molecule has 2 aliphatic heterocycles. The Morgan fingerprint density at radius 3 is 2.78 bits per heavy atom. The second-order valence-corrected chi connectivity index (χ2v) is 11.6. The summed E-state index contributed by atoms with van der Waals surface area (Å²) in [5, 5.41) is 3.56. The van der Waals surface area contributed by atoms with Gasteiger partial charge in [0.05, 0.1) is 12.3 Å². The van der Waals surface area contributed by atoms with Crippen molar-refractivity contribution < 1.29 is 13.9 Å². The van der Waals surface area contributed by atoms with Crippen LogP contribution in [0.1, 0.15) is 48.1 Å². The quantitative estimate of drug-likeness (QED) is 0.642. The van der Waals surface area contributed by atoms with Crippen molar-refractivity contribution in [1.29, 1.82) is 0 Å². The van der Waals surface area contributed by atoms with Crippen LogP contribution in [-0.4, -0.2) is 80.5 Å². The zero-order valence-corrected chi connectivity index (χ0v) is 22.3. The SMILES string of the molecule is COC[C@H]1CN(c2nc(OC[C@@H]3CCCN3C)nc3c2CC[C@@]2(CCc4c(F)cccc4C2)C3)CCN1. The van der Waals surface area contributed by atoms with Crippen molar-refractivity contribution in [3.05, 3.63) is 46.4 Å². The number of benzene rings is 1. The van der Waals surface area contributed by atoms with E-state index in [9.17, 15) is 4.39 Å². The molecule has 0 bridgehead atoms. The molecule has 4 aliphatic rings. The van der Waals surface area contributed by atoms with Crippen molar-refractivity contribution >= 4 is 5.82 Å². The molecule has 0 unspecified atom stereocenters. The monoisotopic (exact) mass is 509 g/mol. The lowest BCUT2D eigenvalue weighted by atomic mass is 9.63. The van der Waals surface area contributed by atoms with Gasteiger partial charge in [-0.2, -0.15) is 9.97 Å². The third-order valence-corrected chi connectivity index (χ3v) is 9.18. The minimum absolute atomic E-state index is 0.0509. The van der Waals surface area contributed by atoms with Crippen LogP contribution in [0.15, 0.2) is 18.2 Å². The van der Waals surface area contributed by atoms with Gasteiger partial charge in [0.25, 0.3) is 0 Å². The Morgan fingerprint density at radius 1 is 1.11 bits per heavy atom. The van der Waals surface area contributed by atoms with Crippen LogP contribution in [0.3, 0.4) is 0 Å². The number of anilines is 1. The number of nitrogens with zero attached hydrogens (tertiary/aromatic N) is 4. The molecule has 0 amide bonds. The molecular weight excluding hydrogens is 469 g/mol. The number of aromatic nitrogens is 2. The highest BCUT2D eigenvalue weighted by atomic mass is 19.1. The van der Waals surface area contributed by atoms with E-state index in [1.54, 1.807) is 13.2 Å². The van der Waals surface area contributed by atoms with Crippen LogP contribution in [0.2, 0.25) is 0 Å². The van der Waals surface area contributed by atoms with Crippen LogP contribution >= 0.6 is 0 Å².